The van der Waals surface area contributed by atoms with Crippen LogP contribution in [0.1, 0.15) is 22.3 Å². The molecular formula is C21H24N4O3S. The van der Waals surface area contributed by atoms with Crippen LogP contribution in [0, 0.1) is 6.92 Å². The van der Waals surface area contributed by atoms with Crippen molar-refractivity contribution in [3.63, 3.8) is 0 Å². The van der Waals surface area contributed by atoms with Crippen LogP contribution < -0.4 is 9.62 Å². The fourth-order valence-corrected chi connectivity index (χ4v) is 4.02. The van der Waals surface area contributed by atoms with E-state index in [0.717, 1.165) is 18.5 Å². The van der Waals surface area contributed by atoms with Crippen molar-refractivity contribution in [3.8, 4) is 0 Å². The third kappa shape index (κ3) is 5.03. The van der Waals surface area contributed by atoms with Crippen LogP contribution in [0.25, 0.3) is 0 Å². The molecule has 0 spiro atoms. The third-order valence-corrected chi connectivity index (χ3v) is 6.39. The Balaban J connectivity index is 1.66. The molecule has 0 atom stereocenters. The molecule has 2 aromatic carbocycles. The molecule has 0 unspecified atom stereocenters. The maximum absolute atomic E-state index is 12.9. The maximum Gasteiger partial charge on any atom is 0.264 e. The van der Waals surface area contributed by atoms with E-state index >= 15 is 0 Å². The minimum Gasteiger partial charge on any atom is -0.352 e. The molecule has 0 aliphatic carbocycles. The molecule has 0 saturated carbocycles. The topological polar surface area (TPSA) is 84.3 Å². The zero-order chi connectivity index (χ0) is 20.9. The lowest BCUT2D eigenvalue weighted by Crippen LogP contribution is -2.28. The van der Waals surface area contributed by atoms with Gasteiger partial charge in [-0.05, 0) is 43.7 Å². The smallest absolute Gasteiger partial charge is 0.264 e. The Labute approximate surface area is 171 Å². The van der Waals surface area contributed by atoms with Crippen molar-refractivity contribution in [2.45, 2.75) is 24.8 Å². The number of carbonyl (C=O) groups excluding carboxylic acids is 1. The fourth-order valence-electron chi connectivity index (χ4n) is 2.83. The van der Waals surface area contributed by atoms with Gasteiger partial charge >= 0.3 is 0 Å². The molecule has 0 aliphatic heterocycles. The minimum atomic E-state index is -3.70. The predicted molar refractivity (Wildman–Crippen MR) is 112 cm³/mol. The van der Waals surface area contributed by atoms with Gasteiger partial charge in [-0.15, -0.1) is 0 Å². The normalized spacial score (nSPS) is 11.2. The molecular weight excluding hydrogens is 388 g/mol. The van der Waals surface area contributed by atoms with Crippen molar-refractivity contribution in [1.82, 2.24) is 14.9 Å². The number of imidazole rings is 1. The number of carbonyl (C=O) groups is 1. The summed E-state index contributed by atoms with van der Waals surface area (Å²) >= 11 is 0. The van der Waals surface area contributed by atoms with Crippen LogP contribution in [0.5, 0.6) is 0 Å². The number of aromatic nitrogens is 2. The molecule has 1 N–H and O–H groups in total. The summed E-state index contributed by atoms with van der Waals surface area (Å²) in [5.74, 6) is -0.237. The number of aryl methyl sites for hydroxylation is 2. The second-order valence-electron chi connectivity index (χ2n) is 6.75. The predicted octanol–water partition coefficient (Wildman–Crippen LogP) is 2.84. The van der Waals surface area contributed by atoms with E-state index in [-0.39, 0.29) is 10.8 Å². The lowest BCUT2D eigenvalue weighted by Gasteiger charge is -2.20. The molecule has 0 bridgehead atoms. The summed E-state index contributed by atoms with van der Waals surface area (Å²) in [5, 5.41) is 2.86. The van der Waals surface area contributed by atoms with Gasteiger partial charge in [0.05, 0.1) is 16.9 Å². The first-order valence-corrected chi connectivity index (χ1v) is 10.7. The molecule has 7 nitrogen and oxygen atoms in total. The number of benzene rings is 2. The molecule has 0 saturated heterocycles. The Morgan fingerprint density at radius 2 is 1.93 bits per heavy atom. The van der Waals surface area contributed by atoms with Crippen molar-refractivity contribution >= 4 is 21.6 Å². The molecule has 0 fully saturated rings. The van der Waals surface area contributed by atoms with Crippen LogP contribution in [-0.4, -0.2) is 37.5 Å². The lowest BCUT2D eigenvalue weighted by atomic mass is 10.2. The summed E-state index contributed by atoms with van der Waals surface area (Å²) in [4.78, 5) is 16.6. The number of nitrogens with zero attached hydrogens (tertiary/aromatic N) is 3. The lowest BCUT2D eigenvalue weighted by molar-refractivity contribution is 0.0952. The van der Waals surface area contributed by atoms with Gasteiger partial charge in [-0.2, -0.15) is 0 Å². The maximum atomic E-state index is 12.9. The van der Waals surface area contributed by atoms with Crippen molar-refractivity contribution in [2.75, 3.05) is 17.9 Å². The molecule has 1 heterocycles. The van der Waals surface area contributed by atoms with Gasteiger partial charge in [-0.1, -0.05) is 23.8 Å². The van der Waals surface area contributed by atoms with E-state index in [0.29, 0.717) is 17.8 Å². The van der Waals surface area contributed by atoms with E-state index in [1.165, 1.54) is 11.4 Å². The summed E-state index contributed by atoms with van der Waals surface area (Å²) in [6, 6.07) is 13.3. The molecule has 1 amide bonds. The Morgan fingerprint density at radius 1 is 1.17 bits per heavy atom. The SMILES string of the molecule is Cc1ccc(S(=O)(=O)N(C)c2cccc(C(=O)NCCCn3ccnc3)c2)cc1. The molecule has 8 heteroatoms. The van der Waals surface area contributed by atoms with Gasteiger partial charge in [-0.3, -0.25) is 9.10 Å². The van der Waals surface area contributed by atoms with Gasteiger partial charge < -0.3 is 9.88 Å². The number of sulfonamides is 1. The second kappa shape index (κ2) is 8.91. The average molecular weight is 413 g/mol. The highest BCUT2D eigenvalue weighted by Gasteiger charge is 2.21. The first kappa shape index (κ1) is 20.6. The number of nitrogens with one attached hydrogen (secondary N) is 1. The van der Waals surface area contributed by atoms with Crippen molar-refractivity contribution in [1.29, 1.82) is 0 Å². The van der Waals surface area contributed by atoms with E-state index < -0.39 is 10.0 Å². The van der Waals surface area contributed by atoms with E-state index in [4.69, 9.17) is 0 Å². The number of hydrogen-bond acceptors (Lipinski definition) is 4. The van der Waals surface area contributed by atoms with Crippen LogP contribution in [0.2, 0.25) is 0 Å². The van der Waals surface area contributed by atoms with Gasteiger partial charge in [0.1, 0.15) is 0 Å². The zero-order valence-corrected chi connectivity index (χ0v) is 17.3. The molecule has 29 heavy (non-hydrogen) atoms. The first-order valence-electron chi connectivity index (χ1n) is 9.27. The third-order valence-electron chi connectivity index (χ3n) is 4.59. The number of amides is 1. The van der Waals surface area contributed by atoms with Gasteiger partial charge in [0.15, 0.2) is 0 Å². The Bertz CT molecular complexity index is 1060. The highest BCUT2D eigenvalue weighted by molar-refractivity contribution is 7.92. The zero-order valence-electron chi connectivity index (χ0n) is 16.4. The average Bonchev–Trinajstić information content (AvgIpc) is 3.24. The summed E-state index contributed by atoms with van der Waals surface area (Å²) in [6.07, 6.45) is 6.08. The van der Waals surface area contributed by atoms with Gasteiger partial charge in [0, 0.05) is 38.1 Å². The van der Waals surface area contributed by atoms with E-state index in [2.05, 4.69) is 10.3 Å². The monoisotopic (exact) mass is 412 g/mol. The van der Waals surface area contributed by atoms with Crippen LogP contribution >= 0.6 is 0 Å². The molecule has 0 radical (unpaired) electrons. The van der Waals surface area contributed by atoms with Crippen LogP contribution in [-0.2, 0) is 16.6 Å². The Kier molecular flexibility index (Phi) is 6.33. The highest BCUT2D eigenvalue weighted by Crippen LogP contribution is 2.23. The van der Waals surface area contributed by atoms with Crippen molar-refractivity contribution < 1.29 is 13.2 Å². The fraction of sp³-hybridized carbons (Fsp3) is 0.238. The van der Waals surface area contributed by atoms with Gasteiger partial charge in [-0.25, -0.2) is 13.4 Å². The van der Waals surface area contributed by atoms with Crippen LogP contribution in [0.4, 0.5) is 5.69 Å². The highest BCUT2D eigenvalue weighted by atomic mass is 32.2. The molecule has 1 aromatic heterocycles. The minimum absolute atomic E-state index is 0.208. The standard InChI is InChI=1S/C21H24N4O3S/c1-17-7-9-20(10-8-17)29(27,28)24(2)19-6-3-5-18(15-19)21(26)23-11-4-13-25-14-12-22-16-25/h3,5-10,12,14-16H,4,11,13H2,1-2H3,(H,23,26). The van der Waals surface area contributed by atoms with E-state index in [1.54, 1.807) is 61.1 Å². The van der Waals surface area contributed by atoms with Crippen molar-refractivity contribution in [3.05, 3.63) is 78.4 Å². The summed E-state index contributed by atoms with van der Waals surface area (Å²) < 4.78 is 28.9. The molecule has 152 valence electrons. The molecule has 3 aromatic rings. The Hall–Kier alpha value is -3.13. The number of anilines is 1. The number of hydrogen-bond donors (Lipinski definition) is 1. The van der Waals surface area contributed by atoms with Gasteiger partial charge in [0.25, 0.3) is 15.9 Å². The van der Waals surface area contributed by atoms with Crippen molar-refractivity contribution in [2.24, 2.45) is 0 Å². The van der Waals surface area contributed by atoms with E-state index in [1.807, 2.05) is 17.7 Å². The van der Waals surface area contributed by atoms with Gasteiger partial charge in [0.2, 0.25) is 0 Å². The Morgan fingerprint density at radius 3 is 2.62 bits per heavy atom. The summed E-state index contributed by atoms with van der Waals surface area (Å²) in [6.45, 7) is 3.17. The summed E-state index contributed by atoms with van der Waals surface area (Å²) in [5.41, 5.74) is 1.83. The largest absolute Gasteiger partial charge is 0.352 e. The summed E-state index contributed by atoms with van der Waals surface area (Å²) in [7, 11) is -2.22. The van der Waals surface area contributed by atoms with Crippen LogP contribution in [0.3, 0.4) is 0 Å². The first-order chi connectivity index (χ1) is 13.9. The quantitative estimate of drug-likeness (QED) is 0.577. The number of rotatable bonds is 8. The molecule has 0 aliphatic rings. The van der Waals surface area contributed by atoms with E-state index in [9.17, 15) is 13.2 Å². The van der Waals surface area contributed by atoms with Crippen LogP contribution in [0.15, 0.2) is 72.1 Å². The molecule has 3 rings (SSSR count). The second-order valence-corrected chi connectivity index (χ2v) is 8.72.